The molecule has 2 aliphatic carbocycles. The van der Waals surface area contributed by atoms with Crippen LogP contribution in [0.15, 0.2) is 85.1 Å². The average molecular weight is 308 g/mol. The smallest absolute Gasteiger partial charge is 0.0968 e. The first-order chi connectivity index (χ1) is 11.9. The van der Waals surface area contributed by atoms with Gasteiger partial charge in [0.05, 0.1) is 16.7 Å². The average Bonchev–Trinajstić information content (AvgIpc) is 3.34. The number of benzene rings is 1. The molecule has 0 N–H and O–H groups in total. The molecule has 0 unspecified atom stereocenters. The number of hydrogen-bond acceptors (Lipinski definition) is 2. The molecule has 0 saturated carbocycles. The molecule has 2 aliphatic rings. The molecule has 3 aromatic rings. The third-order valence-corrected chi connectivity index (χ3v) is 4.79. The molecule has 2 nitrogen and oxygen atoms in total. The first-order valence-corrected chi connectivity index (χ1v) is 8.28. The predicted octanol–water partition coefficient (Wildman–Crippen LogP) is 5.20. The number of nitrogens with zero attached hydrogens (tertiary/aromatic N) is 2. The van der Waals surface area contributed by atoms with E-state index in [1.54, 1.807) is 0 Å². The van der Waals surface area contributed by atoms with Crippen LogP contribution in [0.5, 0.6) is 0 Å². The summed E-state index contributed by atoms with van der Waals surface area (Å²) < 4.78 is 0. The highest BCUT2D eigenvalue weighted by molar-refractivity contribution is 6.02. The van der Waals surface area contributed by atoms with Crippen LogP contribution in [0.3, 0.4) is 0 Å². The molecule has 1 aromatic carbocycles. The summed E-state index contributed by atoms with van der Waals surface area (Å²) >= 11 is 0. The Morgan fingerprint density at radius 2 is 1.42 bits per heavy atom. The van der Waals surface area contributed by atoms with E-state index in [4.69, 9.17) is 4.98 Å². The van der Waals surface area contributed by atoms with E-state index in [1.807, 2.05) is 12.3 Å². The van der Waals surface area contributed by atoms with Crippen molar-refractivity contribution < 1.29 is 0 Å². The highest BCUT2D eigenvalue weighted by Gasteiger charge is 2.20. The number of fused-ring (bicyclic) bond motifs is 3. The van der Waals surface area contributed by atoms with Crippen molar-refractivity contribution >= 4 is 21.8 Å². The topological polar surface area (TPSA) is 25.8 Å². The minimum atomic E-state index is 0.241. The zero-order valence-electron chi connectivity index (χ0n) is 13.1. The lowest BCUT2D eigenvalue weighted by atomic mass is 9.91. The minimum Gasteiger partial charge on any atom is -0.254 e. The van der Waals surface area contributed by atoms with Gasteiger partial charge in [0.15, 0.2) is 0 Å². The summed E-state index contributed by atoms with van der Waals surface area (Å²) in [5.74, 6) is 0.546. The molecule has 0 aliphatic heterocycles. The summed E-state index contributed by atoms with van der Waals surface area (Å²) in [5, 5.41) is 2.29. The van der Waals surface area contributed by atoms with Gasteiger partial charge < -0.3 is 0 Å². The largest absolute Gasteiger partial charge is 0.254 e. The van der Waals surface area contributed by atoms with Gasteiger partial charge in [-0.1, -0.05) is 66.8 Å². The number of hydrogen-bond donors (Lipinski definition) is 0. The fraction of sp³-hybridized carbons (Fsp3) is 0.0909. The molecular weight excluding hydrogens is 292 g/mol. The fourth-order valence-corrected chi connectivity index (χ4v) is 3.59. The fourth-order valence-electron chi connectivity index (χ4n) is 3.59. The predicted molar refractivity (Wildman–Crippen MR) is 99.1 cm³/mol. The van der Waals surface area contributed by atoms with Crippen molar-refractivity contribution in [3.05, 3.63) is 96.4 Å². The van der Waals surface area contributed by atoms with Crippen LogP contribution in [0.25, 0.3) is 21.8 Å². The Hall–Kier alpha value is -3.00. The molecule has 0 atom stereocenters. The van der Waals surface area contributed by atoms with E-state index in [-0.39, 0.29) is 5.92 Å². The van der Waals surface area contributed by atoms with E-state index >= 15 is 0 Å². The molecule has 0 radical (unpaired) electrons. The van der Waals surface area contributed by atoms with Crippen molar-refractivity contribution in [3.63, 3.8) is 0 Å². The second-order valence-electron chi connectivity index (χ2n) is 6.27. The molecule has 2 heteroatoms. The van der Waals surface area contributed by atoms with Crippen molar-refractivity contribution in [2.75, 3.05) is 0 Å². The van der Waals surface area contributed by atoms with E-state index in [2.05, 4.69) is 77.9 Å². The van der Waals surface area contributed by atoms with Crippen LogP contribution in [0, 0.1) is 0 Å². The summed E-state index contributed by atoms with van der Waals surface area (Å²) in [6.45, 7) is 0. The van der Waals surface area contributed by atoms with Gasteiger partial charge in [0, 0.05) is 28.8 Å². The van der Waals surface area contributed by atoms with Gasteiger partial charge in [-0.3, -0.25) is 4.98 Å². The Balaban J connectivity index is 1.83. The number of aromatic nitrogens is 2. The van der Waals surface area contributed by atoms with E-state index in [1.165, 1.54) is 5.56 Å². The summed E-state index contributed by atoms with van der Waals surface area (Å²) in [7, 11) is 0. The molecule has 5 rings (SSSR count). The van der Waals surface area contributed by atoms with Gasteiger partial charge in [-0.2, -0.15) is 0 Å². The maximum absolute atomic E-state index is 5.10. The molecule has 2 aromatic heterocycles. The zero-order chi connectivity index (χ0) is 15.9. The normalized spacial score (nSPS) is 17.0. The van der Waals surface area contributed by atoms with Crippen LogP contribution >= 0.6 is 0 Å². The van der Waals surface area contributed by atoms with Gasteiger partial charge in [0.25, 0.3) is 0 Å². The number of allylic oxidation sites excluding steroid dienone is 8. The zero-order valence-corrected chi connectivity index (χ0v) is 13.1. The lowest BCUT2D eigenvalue weighted by molar-refractivity contribution is 0.947. The molecule has 0 saturated heterocycles. The molecule has 114 valence electrons. The lowest BCUT2D eigenvalue weighted by Gasteiger charge is -2.17. The second kappa shape index (κ2) is 5.27. The van der Waals surface area contributed by atoms with E-state index in [9.17, 15) is 0 Å². The third kappa shape index (κ3) is 2.04. The number of pyridine rings is 2. The van der Waals surface area contributed by atoms with Crippen LogP contribution in [0.1, 0.15) is 23.1 Å². The van der Waals surface area contributed by atoms with E-state index in [0.717, 1.165) is 27.5 Å². The van der Waals surface area contributed by atoms with Gasteiger partial charge in [0.2, 0.25) is 0 Å². The Kier molecular flexibility index (Phi) is 2.95. The quantitative estimate of drug-likeness (QED) is 0.608. The molecular formula is C22H16N2. The molecule has 0 amide bonds. The minimum absolute atomic E-state index is 0.241. The van der Waals surface area contributed by atoms with Gasteiger partial charge in [-0.25, -0.2) is 4.98 Å². The van der Waals surface area contributed by atoms with Crippen LogP contribution in [-0.2, 0) is 0 Å². The van der Waals surface area contributed by atoms with Gasteiger partial charge in [0.1, 0.15) is 0 Å². The maximum atomic E-state index is 5.10. The monoisotopic (exact) mass is 308 g/mol. The lowest BCUT2D eigenvalue weighted by Crippen LogP contribution is -2.04. The van der Waals surface area contributed by atoms with Crippen molar-refractivity contribution in [1.29, 1.82) is 0 Å². The van der Waals surface area contributed by atoms with Crippen molar-refractivity contribution in [3.8, 4) is 0 Å². The highest BCUT2D eigenvalue weighted by atomic mass is 14.8. The molecule has 0 bridgehead atoms. The van der Waals surface area contributed by atoms with Gasteiger partial charge in [-0.15, -0.1) is 0 Å². The molecule has 2 heterocycles. The SMILES string of the molecule is C1=CC(c2cc3ccc4cccnc4c3nc2C2C=CC=C2)C=C1. The summed E-state index contributed by atoms with van der Waals surface area (Å²) in [6.07, 6.45) is 19.1. The molecule has 0 fully saturated rings. The first kappa shape index (κ1) is 13.4. The summed E-state index contributed by atoms with van der Waals surface area (Å²) in [5.41, 5.74) is 4.38. The van der Waals surface area contributed by atoms with Gasteiger partial charge >= 0.3 is 0 Å². The van der Waals surface area contributed by atoms with Crippen LogP contribution in [0.2, 0.25) is 0 Å². The Morgan fingerprint density at radius 1 is 0.708 bits per heavy atom. The van der Waals surface area contributed by atoms with Crippen molar-refractivity contribution in [1.82, 2.24) is 9.97 Å². The molecule has 0 spiro atoms. The van der Waals surface area contributed by atoms with Crippen molar-refractivity contribution in [2.45, 2.75) is 11.8 Å². The van der Waals surface area contributed by atoms with Crippen LogP contribution in [-0.4, -0.2) is 9.97 Å². The summed E-state index contributed by atoms with van der Waals surface area (Å²) in [6, 6.07) is 10.6. The van der Waals surface area contributed by atoms with Crippen molar-refractivity contribution in [2.24, 2.45) is 0 Å². The Labute approximate surface area is 140 Å². The van der Waals surface area contributed by atoms with Gasteiger partial charge in [-0.05, 0) is 17.7 Å². The third-order valence-electron chi connectivity index (χ3n) is 4.79. The van der Waals surface area contributed by atoms with Crippen LogP contribution < -0.4 is 0 Å². The van der Waals surface area contributed by atoms with E-state index in [0.29, 0.717) is 5.92 Å². The Morgan fingerprint density at radius 3 is 2.21 bits per heavy atom. The Bertz CT molecular complexity index is 1050. The second-order valence-corrected chi connectivity index (χ2v) is 6.27. The summed E-state index contributed by atoms with van der Waals surface area (Å²) in [4.78, 5) is 9.67. The highest BCUT2D eigenvalue weighted by Crippen LogP contribution is 2.35. The number of rotatable bonds is 2. The maximum Gasteiger partial charge on any atom is 0.0968 e. The molecule has 24 heavy (non-hydrogen) atoms. The van der Waals surface area contributed by atoms with E-state index < -0.39 is 0 Å². The van der Waals surface area contributed by atoms with Crippen LogP contribution in [0.4, 0.5) is 0 Å². The standard InChI is InChI=1S/C22H16N2/c1-2-7-15(6-1)19-14-18-12-11-17-10-5-13-23-21(17)22(18)24-20(19)16-8-3-4-9-16/h1-16H. The first-order valence-electron chi connectivity index (χ1n) is 8.28.